The summed E-state index contributed by atoms with van der Waals surface area (Å²) in [6.45, 7) is 6.67. The Morgan fingerprint density at radius 3 is 2.86 bits per heavy atom. The fourth-order valence-corrected chi connectivity index (χ4v) is 0.759. The molecule has 0 radical (unpaired) electrons. The minimum absolute atomic E-state index is 0.220. The smallest absolute Gasteiger partial charge is 0.319 e. The molecule has 0 atom stereocenters. The molecular weight excluding hydrogens is 178 g/mol. The second kappa shape index (κ2) is 9.74. The molecule has 78 valence electrons. The summed E-state index contributed by atoms with van der Waals surface area (Å²) >= 11 is 0. The molecule has 0 aliphatic heterocycles. The van der Waals surface area contributed by atoms with E-state index in [0.717, 1.165) is 0 Å². The third-order valence-corrected chi connectivity index (χ3v) is 1.33. The topological polar surface area (TPSA) is 38.3 Å². The number of rotatable bonds is 7. The highest BCUT2D eigenvalue weighted by Gasteiger charge is 1.97. The number of ether oxygens (including phenoxy) is 1. The molecular formula is C11H17NO2. The highest BCUT2D eigenvalue weighted by molar-refractivity contribution is 5.71. The van der Waals surface area contributed by atoms with Crippen LogP contribution >= 0.6 is 0 Å². The Labute approximate surface area is 85.1 Å². The first kappa shape index (κ1) is 12.7. The summed E-state index contributed by atoms with van der Waals surface area (Å²) in [6.07, 6.45) is 9.22. The van der Waals surface area contributed by atoms with Gasteiger partial charge in [0.15, 0.2) is 0 Å². The van der Waals surface area contributed by atoms with Gasteiger partial charge in [0, 0.05) is 6.54 Å². The van der Waals surface area contributed by atoms with Gasteiger partial charge in [-0.2, -0.15) is 0 Å². The van der Waals surface area contributed by atoms with E-state index in [-0.39, 0.29) is 12.5 Å². The summed E-state index contributed by atoms with van der Waals surface area (Å²) in [6, 6.07) is 0. The lowest BCUT2D eigenvalue weighted by Crippen LogP contribution is -2.24. The lowest BCUT2D eigenvalue weighted by Gasteiger charge is -2.00. The SMILES string of the molecule is C=C/C=C\C=C\CNCC(=O)OCC. The number of carbonyl (C=O) groups is 1. The van der Waals surface area contributed by atoms with E-state index in [1.165, 1.54) is 0 Å². The Kier molecular flexibility index (Phi) is 8.80. The van der Waals surface area contributed by atoms with Gasteiger partial charge in [-0.3, -0.25) is 4.79 Å². The van der Waals surface area contributed by atoms with Gasteiger partial charge in [-0.1, -0.05) is 37.0 Å². The van der Waals surface area contributed by atoms with E-state index in [1.807, 2.05) is 24.3 Å². The molecule has 1 N–H and O–H groups in total. The molecule has 3 nitrogen and oxygen atoms in total. The number of nitrogens with one attached hydrogen (secondary N) is 1. The average Bonchev–Trinajstić information content (AvgIpc) is 2.17. The quantitative estimate of drug-likeness (QED) is 0.379. The van der Waals surface area contributed by atoms with Crippen LogP contribution < -0.4 is 5.32 Å². The molecule has 0 aromatic carbocycles. The molecule has 0 bridgehead atoms. The van der Waals surface area contributed by atoms with E-state index >= 15 is 0 Å². The Hall–Kier alpha value is -1.35. The summed E-state index contributed by atoms with van der Waals surface area (Å²) in [5, 5.41) is 2.93. The van der Waals surface area contributed by atoms with E-state index in [2.05, 4.69) is 11.9 Å². The lowest BCUT2D eigenvalue weighted by atomic mass is 10.4. The van der Waals surface area contributed by atoms with Gasteiger partial charge in [0.2, 0.25) is 0 Å². The van der Waals surface area contributed by atoms with Crippen LogP contribution in [0.3, 0.4) is 0 Å². The molecule has 0 fully saturated rings. The number of hydrogen-bond donors (Lipinski definition) is 1. The van der Waals surface area contributed by atoms with Crippen LogP contribution in [0.15, 0.2) is 37.0 Å². The third-order valence-electron chi connectivity index (χ3n) is 1.33. The van der Waals surface area contributed by atoms with E-state index in [1.54, 1.807) is 13.0 Å². The maximum Gasteiger partial charge on any atom is 0.319 e. The van der Waals surface area contributed by atoms with E-state index in [4.69, 9.17) is 4.74 Å². The monoisotopic (exact) mass is 195 g/mol. The Morgan fingerprint density at radius 1 is 1.43 bits per heavy atom. The van der Waals surface area contributed by atoms with Gasteiger partial charge in [0.1, 0.15) is 0 Å². The number of carbonyl (C=O) groups excluding carboxylic acids is 1. The zero-order valence-corrected chi connectivity index (χ0v) is 8.53. The van der Waals surface area contributed by atoms with E-state index in [9.17, 15) is 4.79 Å². The summed E-state index contributed by atoms with van der Waals surface area (Å²) < 4.78 is 4.73. The van der Waals surface area contributed by atoms with Crippen LogP contribution in [-0.4, -0.2) is 25.7 Å². The van der Waals surface area contributed by atoms with E-state index in [0.29, 0.717) is 13.2 Å². The molecule has 0 amide bonds. The maximum absolute atomic E-state index is 10.8. The van der Waals surface area contributed by atoms with Gasteiger partial charge in [0.25, 0.3) is 0 Å². The lowest BCUT2D eigenvalue weighted by molar-refractivity contribution is -0.141. The molecule has 0 spiro atoms. The van der Waals surface area contributed by atoms with Crippen LogP contribution in [0.5, 0.6) is 0 Å². The summed E-state index contributed by atoms with van der Waals surface area (Å²) in [7, 11) is 0. The van der Waals surface area contributed by atoms with Crippen molar-refractivity contribution in [3.63, 3.8) is 0 Å². The molecule has 0 unspecified atom stereocenters. The molecule has 0 saturated heterocycles. The van der Waals surface area contributed by atoms with Crippen molar-refractivity contribution in [2.45, 2.75) is 6.92 Å². The van der Waals surface area contributed by atoms with Gasteiger partial charge < -0.3 is 10.1 Å². The van der Waals surface area contributed by atoms with Crippen molar-refractivity contribution in [3.8, 4) is 0 Å². The average molecular weight is 195 g/mol. The Balaban J connectivity index is 3.36. The molecule has 0 rings (SSSR count). The molecule has 0 aromatic heterocycles. The predicted molar refractivity (Wildman–Crippen MR) is 58.0 cm³/mol. The fraction of sp³-hybridized carbons (Fsp3) is 0.364. The largest absolute Gasteiger partial charge is 0.465 e. The zero-order chi connectivity index (χ0) is 10.6. The standard InChI is InChI=1S/C11H17NO2/c1-3-5-6-7-8-9-12-10-11(13)14-4-2/h3,5-8,12H,1,4,9-10H2,2H3/b6-5-,8-7+. The van der Waals surface area contributed by atoms with Crippen LogP contribution in [0.1, 0.15) is 6.92 Å². The first-order chi connectivity index (χ1) is 6.81. The number of hydrogen-bond acceptors (Lipinski definition) is 3. The molecule has 14 heavy (non-hydrogen) atoms. The number of allylic oxidation sites excluding steroid dienone is 4. The van der Waals surface area contributed by atoms with Gasteiger partial charge >= 0.3 is 5.97 Å². The second-order valence-corrected chi connectivity index (χ2v) is 2.48. The summed E-state index contributed by atoms with van der Waals surface area (Å²) in [5.74, 6) is -0.220. The third kappa shape index (κ3) is 8.74. The van der Waals surface area contributed by atoms with Crippen molar-refractivity contribution in [2.24, 2.45) is 0 Å². The van der Waals surface area contributed by atoms with Crippen LogP contribution in [-0.2, 0) is 9.53 Å². The van der Waals surface area contributed by atoms with Crippen molar-refractivity contribution in [1.82, 2.24) is 5.32 Å². The van der Waals surface area contributed by atoms with Crippen molar-refractivity contribution in [1.29, 1.82) is 0 Å². The van der Waals surface area contributed by atoms with Gasteiger partial charge in [0.05, 0.1) is 13.2 Å². The predicted octanol–water partition coefficient (Wildman–Crippen LogP) is 1.44. The minimum Gasteiger partial charge on any atom is -0.465 e. The molecule has 0 aliphatic rings. The van der Waals surface area contributed by atoms with Crippen molar-refractivity contribution in [3.05, 3.63) is 37.0 Å². The molecule has 3 heteroatoms. The zero-order valence-electron chi connectivity index (χ0n) is 8.53. The minimum atomic E-state index is -0.220. The van der Waals surface area contributed by atoms with Gasteiger partial charge in [-0.25, -0.2) is 0 Å². The highest BCUT2D eigenvalue weighted by atomic mass is 16.5. The van der Waals surface area contributed by atoms with Gasteiger partial charge in [-0.05, 0) is 6.92 Å². The number of esters is 1. The normalized spacial score (nSPS) is 10.9. The fourth-order valence-electron chi connectivity index (χ4n) is 0.759. The first-order valence-electron chi connectivity index (χ1n) is 4.61. The van der Waals surface area contributed by atoms with Crippen LogP contribution in [0, 0.1) is 0 Å². The van der Waals surface area contributed by atoms with E-state index < -0.39 is 0 Å². The Bertz CT molecular complexity index is 219. The van der Waals surface area contributed by atoms with Crippen LogP contribution in [0.2, 0.25) is 0 Å². The molecule has 0 heterocycles. The van der Waals surface area contributed by atoms with Crippen molar-refractivity contribution in [2.75, 3.05) is 19.7 Å². The van der Waals surface area contributed by atoms with Crippen LogP contribution in [0.25, 0.3) is 0 Å². The van der Waals surface area contributed by atoms with Crippen molar-refractivity contribution < 1.29 is 9.53 Å². The maximum atomic E-state index is 10.8. The summed E-state index contributed by atoms with van der Waals surface area (Å²) in [4.78, 5) is 10.8. The molecule has 0 aliphatic carbocycles. The summed E-state index contributed by atoms with van der Waals surface area (Å²) in [5.41, 5.74) is 0. The van der Waals surface area contributed by atoms with Gasteiger partial charge in [-0.15, -0.1) is 0 Å². The first-order valence-corrected chi connectivity index (χ1v) is 4.61. The highest BCUT2D eigenvalue weighted by Crippen LogP contribution is 1.78. The molecule has 0 aromatic rings. The van der Waals surface area contributed by atoms with Crippen LogP contribution in [0.4, 0.5) is 0 Å². The molecule has 0 saturated carbocycles. The van der Waals surface area contributed by atoms with Crippen molar-refractivity contribution >= 4 is 5.97 Å². The second-order valence-electron chi connectivity index (χ2n) is 2.48. The Morgan fingerprint density at radius 2 is 2.21 bits per heavy atom.